The van der Waals surface area contributed by atoms with Gasteiger partial charge in [-0.3, -0.25) is 14.8 Å². The van der Waals surface area contributed by atoms with E-state index in [1.54, 1.807) is 12.3 Å². The number of fused-ring (bicyclic) bond motifs is 3. The van der Waals surface area contributed by atoms with Crippen molar-refractivity contribution in [2.45, 2.75) is 0 Å². The Kier molecular flexibility index (Phi) is 4.98. The highest BCUT2D eigenvalue weighted by molar-refractivity contribution is 6.51. The number of hydrogen-bond donors (Lipinski definition) is 0. The molecule has 1 aromatic heterocycles. The van der Waals surface area contributed by atoms with Crippen LogP contribution in [0.4, 0.5) is 17.1 Å². The van der Waals surface area contributed by atoms with Gasteiger partial charge in [0.2, 0.25) is 11.5 Å². The molecular weight excluding hydrogens is 428 g/mol. The molecule has 8 nitrogen and oxygen atoms in total. The number of anilines is 2. The first-order valence-electron chi connectivity index (χ1n) is 11.5. The van der Waals surface area contributed by atoms with E-state index in [0.717, 1.165) is 47.1 Å². The number of nitrogens with zero attached hydrogens (tertiary/aromatic N) is 6. The van der Waals surface area contributed by atoms with Gasteiger partial charge in [-0.2, -0.15) is 4.74 Å². The number of carbonyl (C=O) groups excluding carboxylic acids is 1. The molecule has 6 rings (SSSR count). The van der Waals surface area contributed by atoms with Crippen LogP contribution in [0.3, 0.4) is 0 Å². The van der Waals surface area contributed by atoms with Gasteiger partial charge in [-0.15, -0.1) is 0 Å². The molecule has 34 heavy (non-hydrogen) atoms. The Labute approximate surface area is 197 Å². The fraction of sp³-hybridized carbons (Fsp3) is 0.231. The number of amides is 1. The van der Waals surface area contributed by atoms with Gasteiger partial charge >= 0.3 is 0 Å². The highest BCUT2D eigenvalue weighted by Crippen LogP contribution is 2.38. The average Bonchev–Trinajstić information content (AvgIpc) is 3.39. The number of benzene rings is 2. The van der Waals surface area contributed by atoms with Crippen molar-refractivity contribution in [3.8, 4) is 0 Å². The molecule has 3 aliphatic rings. The monoisotopic (exact) mass is 452 g/mol. The highest BCUT2D eigenvalue weighted by atomic mass is 16.5. The van der Waals surface area contributed by atoms with Crippen molar-refractivity contribution in [1.82, 2.24) is 9.88 Å². The van der Waals surface area contributed by atoms with Gasteiger partial charge in [0.05, 0.1) is 12.1 Å². The highest BCUT2D eigenvalue weighted by Gasteiger charge is 2.38. The molecule has 0 unspecified atom stereocenters. The molecule has 4 heterocycles. The quantitative estimate of drug-likeness (QED) is 0.451. The lowest BCUT2D eigenvalue weighted by molar-refractivity contribution is -0.358. The zero-order chi connectivity index (χ0) is 23.1. The van der Waals surface area contributed by atoms with Crippen molar-refractivity contribution in [1.29, 1.82) is 0 Å². The molecule has 3 aliphatic heterocycles. The maximum atomic E-state index is 13.4. The zero-order valence-corrected chi connectivity index (χ0v) is 18.7. The first-order chi connectivity index (χ1) is 16.7. The minimum Gasteiger partial charge on any atom is -0.618 e. The summed E-state index contributed by atoms with van der Waals surface area (Å²) in [5.74, 6) is 0.700. The number of amidine groups is 1. The van der Waals surface area contributed by atoms with Crippen molar-refractivity contribution in [2.24, 2.45) is 4.99 Å². The van der Waals surface area contributed by atoms with Crippen molar-refractivity contribution in [3.05, 3.63) is 89.4 Å². The third-order valence-electron chi connectivity index (χ3n) is 6.59. The molecule has 0 radical (unpaired) electrons. The minimum atomic E-state index is -0.0328. The van der Waals surface area contributed by atoms with Gasteiger partial charge in [0.15, 0.2) is 0 Å². The van der Waals surface area contributed by atoms with Crippen molar-refractivity contribution in [3.63, 3.8) is 0 Å². The Morgan fingerprint density at radius 3 is 2.47 bits per heavy atom. The van der Waals surface area contributed by atoms with Gasteiger partial charge in [-0.25, -0.2) is 0 Å². The van der Waals surface area contributed by atoms with Crippen LogP contribution in [-0.2, 0) is 0 Å². The third-order valence-corrected chi connectivity index (χ3v) is 6.59. The predicted octanol–water partition coefficient (Wildman–Crippen LogP) is 2.91. The second-order valence-corrected chi connectivity index (χ2v) is 8.53. The third kappa shape index (κ3) is 3.39. The summed E-state index contributed by atoms with van der Waals surface area (Å²) < 4.78 is 1.01. The van der Waals surface area contributed by atoms with Crippen LogP contribution in [0.25, 0.3) is 0 Å². The number of rotatable bonds is 3. The number of aliphatic imine (C=N–C) groups is 1. The molecule has 0 bridgehead atoms. The van der Waals surface area contributed by atoms with Gasteiger partial charge in [0.1, 0.15) is 11.4 Å². The molecular formula is C26H24N6O2. The maximum absolute atomic E-state index is 13.4. The van der Waals surface area contributed by atoms with Crippen LogP contribution in [0.5, 0.6) is 0 Å². The lowest BCUT2D eigenvalue weighted by atomic mass is 10.0. The smallest absolute Gasteiger partial charge is 0.272 e. The summed E-state index contributed by atoms with van der Waals surface area (Å²) in [6.07, 6.45) is 1.65. The second-order valence-electron chi connectivity index (χ2n) is 8.53. The summed E-state index contributed by atoms with van der Waals surface area (Å²) in [6.45, 7) is 4.12. The van der Waals surface area contributed by atoms with Crippen LogP contribution in [0.1, 0.15) is 16.1 Å². The van der Waals surface area contributed by atoms with Gasteiger partial charge < -0.3 is 19.9 Å². The molecule has 0 atom stereocenters. The summed E-state index contributed by atoms with van der Waals surface area (Å²) in [6, 6.07) is 21.1. The molecule has 0 saturated carbocycles. The first kappa shape index (κ1) is 20.4. The van der Waals surface area contributed by atoms with Crippen LogP contribution in [0.2, 0.25) is 0 Å². The number of hydrogen-bond acceptors (Lipinski definition) is 6. The number of piperazine rings is 1. The van der Waals surface area contributed by atoms with Crippen LogP contribution < -0.4 is 9.80 Å². The van der Waals surface area contributed by atoms with Gasteiger partial charge in [-0.05, 0) is 36.4 Å². The molecule has 0 N–H and O–H groups in total. The largest absolute Gasteiger partial charge is 0.618 e. The maximum Gasteiger partial charge on any atom is 0.272 e. The standard InChI is InChI=1S/C26H24N6O2/c33-26(21-8-4-5-11-27-21)30-16-14-29(15-17-30)20-9-10-22-23(18-20)31-13-12-28-25(31)24(32(22)34)19-6-2-1-3-7-19/h1-11,18H,12-17H2. The molecule has 170 valence electrons. The van der Waals surface area contributed by atoms with Crippen molar-refractivity contribution >= 4 is 34.5 Å². The summed E-state index contributed by atoms with van der Waals surface area (Å²) in [4.78, 5) is 27.8. The molecule has 3 aromatic rings. The first-order valence-corrected chi connectivity index (χ1v) is 11.5. The van der Waals surface area contributed by atoms with E-state index in [1.807, 2.05) is 59.5 Å². The molecule has 0 spiro atoms. The zero-order valence-electron chi connectivity index (χ0n) is 18.7. The number of carbonyl (C=O) groups is 1. The molecule has 1 fully saturated rings. The molecule has 0 aliphatic carbocycles. The predicted molar refractivity (Wildman–Crippen MR) is 132 cm³/mol. The SMILES string of the molecule is O=C(c1ccccn1)N1CCN(c2ccc3c(c2)N2CCN=C2C(c2ccccc2)=[N+]3[O-])CC1. The van der Waals surface area contributed by atoms with Crippen LogP contribution >= 0.6 is 0 Å². The normalized spacial score (nSPS) is 17.4. The van der Waals surface area contributed by atoms with Crippen LogP contribution in [-0.4, -0.2) is 71.3 Å². The number of pyridine rings is 1. The Morgan fingerprint density at radius 1 is 0.912 bits per heavy atom. The Balaban J connectivity index is 1.26. The second kappa shape index (κ2) is 8.30. The molecule has 2 aromatic carbocycles. The molecule has 1 amide bonds. The van der Waals surface area contributed by atoms with E-state index in [9.17, 15) is 10.0 Å². The fourth-order valence-electron chi connectivity index (χ4n) is 4.85. The van der Waals surface area contributed by atoms with E-state index >= 15 is 0 Å². The van der Waals surface area contributed by atoms with Gasteiger partial charge in [-0.1, -0.05) is 24.3 Å². The summed E-state index contributed by atoms with van der Waals surface area (Å²) in [5.41, 5.74) is 4.51. The lowest BCUT2D eigenvalue weighted by Gasteiger charge is -2.36. The minimum absolute atomic E-state index is 0.0328. The van der Waals surface area contributed by atoms with Crippen LogP contribution in [0.15, 0.2) is 77.9 Å². The summed E-state index contributed by atoms with van der Waals surface area (Å²) >= 11 is 0. The molecule has 8 heteroatoms. The number of aromatic nitrogens is 1. The van der Waals surface area contributed by atoms with E-state index in [4.69, 9.17) is 0 Å². The average molecular weight is 453 g/mol. The van der Waals surface area contributed by atoms with Crippen LogP contribution in [0, 0.1) is 5.21 Å². The van der Waals surface area contributed by atoms with Gasteiger partial charge in [0, 0.05) is 50.7 Å². The van der Waals surface area contributed by atoms with Gasteiger partial charge in [0.25, 0.3) is 11.6 Å². The fourth-order valence-corrected chi connectivity index (χ4v) is 4.85. The van der Waals surface area contributed by atoms with Crippen molar-refractivity contribution < 1.29 is 9.53 Å². The summed E-state index contributed by atoms with van der Waals surface area (Å²) in [5, 5.41) is 13.4. The lowest BCUT2D eigenvalue weighted by Crippen LogP contribution is -2.49. The summed E-state index contributed by atoms with van der Waals surface area (Å²) in [7, 11) is 0. The van der Waals surface area contributed by atoms with E-state index in [1.165, 1.54) is 0 Å². The molecule has 1 saturated heterocycles. The Morgan fingerprint density at radius 2 is 1.71 bits per heavy atom. The van der Waals surface area contributed by atoms with E-state index in [0.29, 0.717) is 36.7 Å². The Hall–Kier alpha value is -4.20. The Bertz CT molecular complexity index is 1300. The van der Waals surface area contributed by atoms with E-state index in [-0.39, 0.29) is 5.91 Å². The van der Waals surface area contributed by atoms with Crippen molar-refractivity contribution in [2.75, 3.05) is 49.1 Å². The van der Waals surface area contributed by atoms with E-state index in [2.05, 4.69) is 25.8 Å². The van der Waals surface area contributed by atoms with E-state index < -0.39 is 0 Å². The topological polar surface area (TPSA) is 78.1 Å².